The number of carbonyl (C=O) groups excluding carboxylic acids is 2. The van der Waals surface area contributed by atoms with Gasteiger partial charge in [-0.15, -0.1) is 11.3 Å². The van der Waals surface area contributed by atoms with Crippen LogP contribution in [0.25, 0.3) is 10.2 Å². The molecular weight excluding hydrogens is 490 g/mol. The maximum Gasteiger partial charge on any atom is 0.331 e. The SMILES string of the molecule is Cc1cc(Oc2ccccc2)ccc1N1C(=O)Nc2c(C(=O)N[C@@]3(C)CNC[C@H]3O)sc3nccc1c23. The van der Waals surface area contributed by atoms with Crippen molar-refractivity contribution in [1.29, 1.82) is 0 Å². The Hall–Kier alpha value is -3.99. The van der Waals surface area contributed by atoms with Gasteiger partial charge in [0.05, 0.1) is 34.1 Å². The number of aromatic nitrogens is 1. The molecule has 9 nitrogen and oxygen atoms in total. The van der Waals surface area contributed by atoms with Gasteiger partial charge in [-0.1, -0.05) is 18.2 Å². The number of ether oxygens (including phenoxy) is 1. The number of nitrogens with one attached hydrogen (secondary N) is 3. The second kappa shape index (κ2) is 8.84. The summed E-state index contributed by atoms with van der Waals surface area (Å²) in [6.45, 7) is 4.57. The number of hydrogen-bond donors (Lipinski definition) is 4. The Morgan fingerprint density at radius 2 is 2.00 bits per heavy atom. The number of carbonyl (C=O) groups is 2. The third kappa shape index (κ3) is 3.99. The molecule has 2 atom stereocenters. The standard InChI is InChI=1S/C27H25N5O4S/c1-15-12-17(36-16-6-4-3-5-7-16)8-9-18(15)32-19-10-11-29-25-21(19)22(30-26(32)35)23(37-25)24(34)31-27(2)14-28-13-20(27)33/h3-12,20,28,33H,13-14H2,1-2H3,(H,30,35)(H,31,34)/t20-,27+/m1/s1. The average molecular weight is 516 g/mol. The molecule has 188 valence electrons. The molecule has 4 heterocycles. The van der Waals surface area contributed by atoms with Gasteiger partial charge in [-0.2, -0.15) is 0 Å². The van der Waals surface area contributed by atoms with E-state index in [2.05, 4.69) is 20.9 Å². The quantitative estimate of drug-likeness (QED) is 0.310. The first kappa shape index (κ1) is 23.4. The van der Waals surface area contributed by atoms with Crippen LogP contribution in [0.3, 0.4) is 0 Å². The minimum atomic E-state index is -0.804. The number of amides is 3. The fourth-order valence-corrected chi connectivity index (χ4v) is 5.82. The molecule has 2 aromatic carbocycles. The molecule has 1 saturated heterocycles. The largest absolute Gasteiger partial charge is 0.457 e. The molecule has 10 heteroatoms. The third-order valence-electron chi connectivity index (χ3n) is 6.80. The van der Waals surface area contributed by atoms with Crippen molar-refractivity contribution < 1.29 is 19.4 Å². The summed E-state index contributed by atoms with van der Waals surface area (Å²) in [5, 5.41) is 20.0. The Labute approximate surface area is 217 Å². The monoisotopic (exact) mass is 515 g/mol. The van der Waals surface area contributed by atoms with Gasteiger partial charge in [0.25, 0.3) is 5.91 Å². The topological polar surface area (TPSA) is 116 Å². The number of aliphatic hydroxyl groups excluding tert-OH is 1. The second-order valence-corrected chi connectivity index (χ2v) is 10.5. The number of aliphatic hydroxyl groups is 1. The third-order valence-corrected chi connectivity index (χ3v) is 7.90. The number of para-hydroxylation sites is 1. The van der Waals surface area contributed by atoms with E-state index in [1.54, 1.807) is 24.1 Å². The Morgan fingerprint density at radius 3 is 2.73 bits per heavy atom. The zero-order valence-electron chi connectivity index (χ0n) is 20.2. The van der Waals surface area contributed by atoms with Gasteiger partial charge in [0, 0.05) is 19.3 Å². The molecule has 2 aliphatic rings. The zero-order valence-corrected chi connectivity index (χ0v) is 21.1. The summed E-state index contributed by atoms with van der Waals surface area (Å²) >= 11 is 1.21. The number of hydrogen-bond acceptors (Lipinski definition) is 7. The van der Waals surface area contributed by atoms with Gasteiger partial charge in [0.15, 0.2) is 0 Å². The molecule has 4 N–H and O–H groups in total. The highest BCUT2D eigenvalue weighted by Crippen LogP contribution is 2.46. The number of thiophene rings is 1. The number of rotatable bonds is 5. The Morgan fingerprint density at radius 1 is 1.19 bits per heavy atom. The first-order valence-corrected chi connectivity index (χ1v) is 12.7. The normalized spacial score (nSPS) is 20.7. The van der Waals surface area contributed by atoms with Crippen LogP contribution < -0.4 is 25.6 Å². The molecule has 3 amide bonds. The lowest BCUT2D eigenvalue weighted by molar-refractivity contribution is 0.0768. The molecule has 2 aromatic heterocycles. The molecule has 0 unspecified atom stereocenters. The van der Waals surface area contributed by atoms with Crippen molar-refractivity contribution in [2.75, 3.05) is 23.3 Å². The highest BCUT2D eigenvalue weighted by atomic mass is 32.1. The van der Waals surface area contributed by atoms with Crippen LogP contribution in [0, 0.1) is 6.92 Å². The number of benzene rings is 2. The van der Waals surface area contributed by atoms with Crippen LogP contribution in [-0.4, -0.2) is 46.8 Å². The van der Waals surface area contributed by atoms with Gasteiger partial charge in [0.1, 0.15) is 21.2 Å². The van der Waals surface area contributed by atoms with E-state index in [1.807, 2.05) is 55.5 Å². The fourth-order valence-electron chi connectivity index (χ4n) is 4.81. The van der Waals surface area contributed by atoms with Crippen LogP contribution in [-0.2, 0) is 0 Å². The van der Waals surface area contributed by atoms with Gasteiger partial charge in [-0.25, -0.2) is 9.78 Å². The van der Waals surface area contributed by atoms with Crippen molar-refractivity contribution in [2.45, 2.75) is 25.5 Å². The summed E-state index contributed by atoms with van der Waals surface area (Å²) in [6.07, 6.45) is 0.928. The van der Waals surface area contributed by atoms with Gasteiger partial charge in [-0.3, -0.25) is 9.69 Å². The first-order valence-electron chi connectivity index (χ1n) is 11.9. The van der Waals surface area contributed by atoms with Crippen molar-refractivity contribution in [3.8, 4) is 11.5 Å². The van der Waals surface area contributed by atoms with Gasteiger partial charge >= 0.3 is 6.03 Å². The molecule has 0 radical (unpaired) electrons. The smallest absolute Gasteiger partial charge is 0.331 e. The van der Waals surface area contributed by atoms with E-state index >= 15 is 0 Å². The van der Waals surface area contributed by atoms with Crippen molar-refractivity contribution >= 4 is 50.6 Å². The van der Waals surface area contributed by atoms with Gasteiger partial charge < -0.3 is 25.8 Å². The number of aryl methyl sites for hydroxylation is 1. The van der Waals surface area contributed by atoms with Crippen molar-refractivity contribution in [1.82, 2.24) is 15.6 Å². The first-order chi connectivity index (χ1) is 17.8. The van der Waals surface area contributed by atoms with E-state index in [1.165, 1.54) is 11.3 Å². The lowest BCUT2D eigenvalue weighted by Crippen LogP contribution is -2.54. The molecule has 2 aliphatic heterocycles. The van der Waals surface area contributed by atoms with Crippen LogP contribution >= 0.6 is 11.3 Å². The van der Waals surface area contributed by atoms with Crippen LogP contribution in [0.2, 0.25) is 0 Å². The predicted octanol–water partition coefficient (Wildman–Crippen LogP) is 4.53. The van der Waals surface area contributed by atoms with E-state index in [0.717, 1.165) is 11.3 Å². The molecule has 1 fully saturated rings. The number of urea groups is 1. The predicted molar refractivity (Wildman–Crippen MR) is 143 cm³/mol. The Bertz CT molecular complexity index is 1540. The number of β-amino-alcohol motifs (C(OH)–C–C–N with tert-alkyl or cyclic N) is 1. The van der Waals surface area contributed by atoms with E-state index < -0.39 is 11.6 Å². The fraction of sp³-hybridized carbons (Fsp3) is 0.222. The van der Waals surface area contributed by atoms with Crippen molar-refractivity contribution in [2.24, 2.45) is 0 Å². The Kier molecular flexibility index (Phi) is 5.59. The summed E-state index contributed by atoms with van der Waals surface area (Å²) in [5.74, 6) is 1.03. The van der Waals surface area contributed by atoms with Crippen LogP contribution in [0.4, 0.5) is 21.9 Å². The molecule has 0 saturated carbocycles. The maximum atomic E-state index is 13.4. The van der Waals surface area contributed by atoms with E-state index in [0.29, 0.717) is 51.0 Å². The van der Waals surface area contributed by atoms with E-state index in [9.17, 15) is 14.7 Å². The van der Waals surface area contributed by atoms with Crippen LogP contribution in [0.5, 0.6) is 11.5 Å². The van der Waals surface area contributed by atoms with Crippen LogP contribution in [0.15, 0.2) is 60.8 Å². The molecule has 37 heavy (non-hydrogen) atoms. The molecule has 4 aromatic rings. The molecule has 0 bridgehead atoms. The minimum Gasteiger partial charge on any atom is -0.457 e. The Balaban J connectivity index is 1.36. The highest BCUT2D eigenvalue weighted by molar-refractivity contribution is 7.21. The summed E-state index contributed by atoms with van der Waals surface area (Å²) in [4.78, 5) is 33.8. The second-order valence-electron chi connectivity index (χ2n) is 9.46. The molecule has 0 aliphatic carbocycles. The van der Waals surface area contributed by atoms with Crippen LogP contribution in [0.1, 0.15) is 22.2 Å². The maximum absolute atomic E-state index is 13.4. The summed E-state index contributed by atoms with van der Waals surface area (Å²) < 4.78 is 5.95. The van der Waals surface area contributed by atoms with Crippen molar-refractivity contribution in [3.63, 3.8) is 0 Å². The molecule has 0 spiro atoms. The zero-order chi connectivity index (χ0) is 25.7. The number of pyridine rings is 1. The van der Waals surface area contributed by atoms with Crippen molar-refractivity contribution in [3.05, 3.63) is 71.2 Å². The van der Waals surface area contributed by atoms with Gasteiger partial charge in [0.2, 0.25) is 0 Å². The number of nitrogens with zero attached hydrogens (tertiary/aromatic N) is 2. The van der Waals surface area contributed by atoms with E-state index in [4.69, 9.17) is 4.74 Å². The lowest BCUT2D eigenvalue weighted by atomic mass is 9.98. The molecular formula is C27H25N5O4S. The minimum absolute atomic E-state index is 0.353. The summed E-state index contributed by atoms with van der Waals surface area (Å²) in [7, 11) is 0. The van der Waals surface area contributed by atoms with Gasteiger partial charge in [-0.05, 0) is 55.8 Å². The summed E-state index contributed by atoms with van der Waals surface area (Å²) in [6, 6.07) is 16.5. The highest BCUT2D eigenvalue weighted by Gasteiger charge is 2.41. The lowest BCUT2D eigenvalue weighted by Gasteiger charge is -2.30. The number of anilines is 3. The van der Waals surface area contributed by atoms with E-state index in [-0.39, 0.29) is 11.9 Å². The summed E-state index contributed by atoms with van der Waals surface area (Å²) in [5.41, 5.74) is 1.82. The molecule has 6 rings (SSSR count). The average Bonchev–Trinajstić information content (AvgIpc) is 3.41.